The average Bonchev–Trinajstić information content (AvgIpc) is 2.03. The fourth-order valence-corrected chi connectivity index (χ4v) is 1.79. The van der Waals surface area contributed by atoms with Crippen LogP contribution in [0.25, 0.3) is 0 Å². The highest BCUT2D eigenvalue weighted by Crippen LogP contribution is 1.97. The lowest BCUT2D eigenvalue weighted by atomic mass is 10.2. The number of alkyl halides is 1. The number of rotatable bonds is 3. The maximum absolute atomic E-state index is 11.7. The lowest BCUT2D eigenvalue weighted by molar-refractivity contribution is 0.592. The van der Waals surface area contributed by atoms with Gasteiger partial charge in [-0.2, -0.15) is 0 Å². The third-order valence-electron chi connectivity index (χ3n) is 1.44. The Balaban J connectivity index is 2.43. The smallest absolute Gasteiger partial charge is 0.0734 e. The monoisotopic (exact) mass is 154 g/mol. The van der Waals surface area contributed by atoms with Gasteiger partial charge in [0.1, 0.15) is 0 Å². The summed E-state index contributed by atoms with van der Waals surface area (Å²) in [4.78, 5) is 0. The molecule has 0 aliphatic heterocycles. The zero-order chi connectivity index (χ0) is 7.23. The fourth-order valence-electron chi connectivity index (χ4n) is 0.916. The van der Waals surface area contributed by atoms with E-state index in [1.807, 2.05) is 18.2 Å². The Bertz CT molecular complexity index is 174. The fraction of sp³-hybridized carbons (Fsp3) is 0.250. The maximum Gasteiger partial charge on any atom is 0.0734 e. The van der Waals surface area contributed by atoms with Crippen LogP contribution >= 0.6 is 0 Å². The minimum Gasteiger partial charge on any atom is -0.256 e. The van der Waals surface area contributed by atoms with Crippen LogP contribution < -0.4 is 0 Å². The highest BCUT2D eigenvalue weighted by atomic mass is 28.2. The van der Waals surface area contributed by atoms with Crippen LogP contribution in [0, 0.1) is 0 Å². The van der Waals surface area contributed by atoms with Crippen LogP contribution in [0.5, 0.6) is 0 Å². The van der Waals surface area contributed by atoms with Crippen LogP contribution in [0.4, 0.5) is 4.39 Å². The van der Waals surface area contributed by atoms with Gasteiger partial charge in [-0.05, 0) is 6.04 Å². The van der Waals surface area contributed by atoms with Gasteiger partial charge >= 0.3 is 0 Å². The Kier molecular flexibility index (Phi) is 3.16. The molecule has 0 radical (unpaired) electrons. The van der Waals surface area contributed by atoms with E-state index in [0.717, 1.165) is 6.04 Å². The highest BCUT2D eigenvalue weighted by Gasteiger charge is 1.89. The molecule has 0 aliphatic rings. The molecule has 1 rings (SSSR count). The van der Waals surface area contributed by atoms with E-state index in [1.54, 1.807) is 0 Å². The molecule has 0 N–H and O–H groups in total. The van der Waals surface area contributed by atoms with E-state index in [2.05, 4.69) is 12.1 Å². The average molecular weight is 154 g/mol. The van der Waals surface area contributed by atoms with Crippen molar-refractivity contribution in [1.29, 1.82) is 0 Å². The van der Waals surface area contributed by atoms with Crippen LogP contribution in [-0.2, 0) is 6.04 Å². The van der Waals surface area contributed by atoms with Crippen LogP contribution in [-0.4, -0.2) is 15.8 Å². The Hall–Kier alpha value is -0.633. The van der Waals surface area contributed by atoms with Gasteiger partial charge in [-0.15, -0.1) is 0 Å². The van der Waals surface area contributed by atoms with Crippen molar-refractivity contribution in [1.82, 2.24) is 0 Å². The molecule has 0 heterocycles. The van der Waals surface area contributed by atoms with Gasteiger partial charge in [0.05, 0.1) is 15.8 Å². The molecule has 0 aromatic heterocycles. The summed E-state index contributed by atoms with van der Waals surface area (Å²) in [5, 5.41) is 0. The summed E-state index contributed by atoms with van der Waals surface area (Å²) in [6.45, 7) is 0. The number of hydrogen-bond donors (Lipinski definition) is 0. The van der Waals surface area contributed by atoms with Crippen molar-refractivity contribution in [2.45, 2.75) is 6.04 Å². The van der Waals surface area contributed by atoms with Gasteiger partial charge in [-0.1, -0.05) is 35.9 Å². The van der Waals surface area contributed by atoms with Crippen LogP contribution in [0.3, 0.4) is 0 Å². The molecule has 0 fully saturated rings. The Labute approximate surface area is 62.9 Å². The van der Waals surface area contributed by atoms with E-state index in [0.29, 0.717) is 0 Å². The number of hydrogen-bond acceptors (Lipinski definition) is 0. The lowest BCUT2D eigenvalue weighted by Crippen LogP contribution is -1.97. The molecular weight excluding hydrogens is 143 g/mol. The molecule has 10 heavy (non-hydrogen) atoms. The van der Waals surface area contributed by atoms with Crippen molar-refractivity contribution in [2.75, 3.05) is 6.30 Å². The summed E-state index contributed by atoms with van der Waals surface area (Å²) in [7, 11) is -0.443. The zero-order valence-electron chi connectivity index (χ0n) is 5.89. The van der Waals surface area contributed by atoms with E-state index < -0.39 is 9.52 Å². The van der Waals surface area contributed by atoms with Gasteiger partial charge in [-0.3, -0.25) is 4.39 Å². The summed E-state index contributed by atoms with van der Waals surface area (Å²) < 4.78 is 11.7. The largest absolute Gasteiger partial charge is 0.256 e. The van der Waals surface area contributed by atoms with Crippen molar-refractivity contribution >= 4 is 9.52 Å². The highest BCUT2D eigenvalue weighted by molar-refractivity contribution is 6.34. The van der Waals surface area contributed by atoms with E-state index in [-0.39, 0.29) is 6.30 Å². The standard InChI is InChI=1S/C8H11FSi/c9-7-10-6-8-4-2-1-3-5-8/h1-5H,6-7,10H2. The topological polar surface area (TPSA) is 0 Å². The van der Waals surface area contributed by atoms with E-state index in [9.17, 15) is 4.39 Å². The molecule has 0 atom stereocenters. The molecule has 0 aliphatic carbocycles. The quantitative estimate of drug-likeness (QED) is 0.575. The molecule has 1 aromatic carbocycles. The van der Waals surface area contributed by atoms with Crippen LogP contribution in [0.15, 0.2) is 30.3 Å². The summed E-state index contributed by atoms with van der Waals surface area (Å²) in [6.07, 6.45) is -0.0745. The summed E-state index contributed by atoms with van der Waals surface area (Å²) in [5.74, 6) is 0. The molecule has 0 spiro atoms. The third kappa shape index (κ3) is 2.31. The van der Waals surface area contributed by atoms with Crippen molar-refractivity contribution in [2.24, 2.45) is 0 Å². The second kappa shape index (κ2) is 4.23. The minimum absolute atomic E-state index is 0.0745. The summed E-state index contributed by atoms with van der Waals surface area (Å²) in [6, 6.07) is 11.1. The molecule has 54 valence electrons. The second-order valence-electron chi connectivity index (χ2n) is 2.28. The van der Waals surface area contributed by atoms with E-state index in [4.69, 9.17) is 0 Å². The van der Waals surface area contributed by atoms with Gasteiger partial charge in [0.15, 0.2) is 0 Å². The zero-order valence-corrected chi connectivity index (χ0v) is 7.30. The molecule has 0 unspecified atom stereocenters. The molecule has 0 saturated heterocycles. The number of halogens is 1. The van der Waals surface area contributed by atoms with Crippen molar-refractivity contribution < 1.29 is 4.39 Å². The second-order valence-corrected chi connectivity index (χ2v) is 3.86. The first-order valence-corrected chi connectivity index (χ1v) is 5.53. The van der Waals surface area contributed by atoms with Gasteiger partial charge in [0, 0.05) is 0 Å². The van der Waals surface area contributed by atoms with Gasteiger partial charge in [-0.25, -0.2) is 0 Å². The van der Waals surface area contributed by atoms with E-state index in [1.165, 1.54) is 5.56 Å². The molecule has 0 nitrogen and oxygen atoms in total. The minimum atomic E-state index is -0.443. The summed E-state index contributed by atoms with van der Waals surface area (Å²) in [5.41, 5.74) is 1.28. The first kappa shape index (κ1) is 7.47. The van der Waals surface area contributed by atoms with Crippen LogP contribution in [0.2, 0.25) is 0 Å². The molecular formula is C8H11FSi. The number of benzene rings is 1. The Morgan fingerprint density at radius 1 is 1.20 bits per heavy atom. The predicted octanol–water partition coefficient (Wildman–Crippen LogP) is 1.28. The molecule has 0 amide bonds. The summed E-state index contributed by atoms with van der Waals surface area (Å²) >= 11 is 0. The molecule has 2 heteroatoms. The van der Waals surface area contributed by atoms with E-state index >= 15 is 0 Å². The first-order chi connectivity index (χ1) is 4.93. The molecule has 0 saturated carbocycles. The Morgan fingerprint density at radius 2 is 1.90 bits per heavy atom. The maximum atomic E-state index is 11.7. The van der Waals surface area contributed by atoms with Crippen molar-refractivity contribution in [3.05, 3.63) is 35.9 Å². The molecule has 0 bridgehead atoms. The Morgan fingerprint density at radius 3 is 2.50 bits per heavy atom. The van der Waals surface area contributed by atoms with Crippen molar-refractivity contribution in [3.8, 4) is 0 Å². The predicted molar refractivity (Wildman–Crippen MR) is 44.7 cm³/mol. The molecule has 1 aromatic rings. The first-order valence-electron chi connectivity index (χ1n) is 3.53. The normalized spacial score (nSPS) is 10.9. The SMILES string of the molecule is FC[SiH2]Cc1ccccc1. The lowest BCUT2D eigenvalue weighted by Gasteiger charge is -1.94. The van der Waals surface area contributed by atoms with Crippen LogP contribution in [0.1, 0.15) is 5.56 Å². The van der Waals surface area contributed by atoms with Crippen molar-refractivity contribution in [3.63, 3.8) is 0 Å². The van der Waals surface area contributed by atoms with Gasteiger partial charge in [0.25, 0.3) is 0 Å². The third-order valence-corrected chi connectivity index (χ3v) is 2.64. The van der Waals surface area contributed by atoms with Gasteiger partial charge in [0.2, 0.25) is 0 Å². The van der Waals surface area contributed by atoms with Gasteiger partial charge < -0.3 is 0 Å².